The molecule has 1 aromatic carbocycles. The number of hydrogen-bond acceptors (Lipinski definition) is 4. The van der Waals surface area contributed by atoms with E-state index in [1.54, 1.807) is 6.20 Å². The van der Waals surface area contributed by atoms with Gasteiger partial charge in [-0.3, -0.25) is 4.98 Å². The van der Waals surface area contributed by atoms with Gasteiger partial charge in [0.1, 0.15) is 0 Å². The molecule has 1 aromatic heterocycles. The molecule has 0 radical (unpaired) electrons. The third-order valence-corrected chi connectivity index (χ3v) is 4.46. The lowest BCUT2D eigenvalue weighted by atomic mass is 9.97. The fraction of sp³-hybridized carbons (Fsp3) is 0.438. The molecule has 1 heterocycles. The number of aliphatic hydroxyl groups excluding tert-OH is 1. The van der Waals surface area contributed by atoms with Crippen LogP contribution in [0.25, 0.3) is 10.8 Å². The van der Waals surface area contributed by atoms with Gasteiger partial charge in [-0.2, -0.15) is 0 Å². The summed E-state index contributed by atoms with van der Waals surface area (Å²) in [6, 6.07) is 5.90. The highest BCUT2D eigenvalue weighted by Crippen LogP contribution is 2.33. The van der Waals surface area contributed by atoms with Crippen molar-refractivity contribution < 1.29 is 5.11 Å². The Morgan fingerprint density at radius 2 is 2.05 bits per heavy atom. The molecule has 1 aliphatic rings. The smallest absolute Gasteiger partial charge is 0.0462 e. The minimum Gasteiger partial charge on any atom is -0.398 e. The van der Waals surface area contributed by atoms with Crippen molar-refractivity contribution >= 4 is 22.1 Å². The number of nitrogens with one attached hydrogen (secondary N) is 1. The molecule has 1 saturated carbocycles. The van der Waals surface area contributed by atoms with E-state index in [9.17, 15) is 5.11 Å². The maximum Gasteiger partial charge on any atom is 0.0462 e. The highest BCUT2D eigenvalue weighted by Gasteiger charge is 2.26. The number of aromatic nitrogens is 1. The fourth-order valence-electron chi connectivity index (χ4n) is 3.23. The first kappa shape index (κ1) is 13.2. The molecule has 4 nitrogen and oxygen atoms in total. The number of fused-ring (bicyclic) bond motifs is 1. The number of hydrogen-bond donors (Lipinski definition) is 3. The van der Waals surface area contributed by atoms with Crippen LogP contribution in [0.1, 0.15) is 19.3 Å². The van der Waals surface area contributed by atoms with E-state index in [0.29, 0.717) is 18.4 Å². The lowest BCUT2D eigenvalue weighted by molar-refractivity contribution is 0.199. The van der Waals surface area contributed by atoms with Gasteiger partial charge < -0.3 is 16.2 Å². The number of nitrogens with two attached hydrogens (primary N) is 1. The highest BCUT2D eigenvalue weighted by atomic mass is 16.3. The molecule has 106 valence electrons. The zero-order chi connectivity index (χ0) is 13.9. The van der Waals surface area contributed by atoms with Crippen molar-refractivity contribution in [3.05, 3.63) is 30.6 Å². The van der Waals surface area contributed by atoms with E-state index >= 15 is 0 Å². The lowest BCUT2D eigenvalue weighted by Gasteiger charge is -2.19. The van der Waals surface area contributed by atoms with Gasteiger partial charge in [-0.1, -0.05) is 6.42 Å². The van der Waals surface area contributed by atoms with Gasteiger partial charge in [0.2, 0.25) is 0 Å². The van der Waals surface area contributed by atoms with E-state index in [2.05, 4.69) is 10.3 Å². The molecule has 0 saturated heterocycles. The zero-order valence-electron chi connectivity index (χ0n) is 11.5. The Balaban J connectivity index is 1.79. The summed E-state index contributed by atoms with van der Waals surface area (Å²) in [6.45, 7) is 1.20. The summed E-state index contributed by atoms with van der Waals surface area (Å²) in [5.41, 5.74) is 7.85. The standard InChI is InChI=1S/C16H21N3O/c17-15-4-5-16(14-9-18-7-6-13(14)15)19-8-11-2-1-3-12(11)10-20/h4-7,9,11-12,19-20H,1-3,8,10,17H2. The van der Waals surface area contributed by atoms with Gasteiger partial charge in [-0.05, 0) is 42.9 Å². The lowest BCUT2D eigenvalue weighted by Crippen LogP contribution is -2.20. The van der Waals surface area contributed by atoms with Crippen LogP contribution in [0.4, 0.5) is 11.4 Å². The highest BCUT2D eigenvalue weighted by molar-refractivity contribution is 6.00. The number of benzene rings is 1. The second kappa shape index (κ2) is 5.67. The Hall–Kier alpha value is -1.81. The van der Waals surface area contributed by atoms with E-state index in [4.69, 9.17) is 5.73 Å². The average molecular weight is 271 g/mol. The van der Waals surface area contributed by atoms with Crippen LogP contribution in [0.2, 0.25) is 0 Å². The van der Waals surface area contributed by atoms with Gasteiger partial charge in [0, 0.05) is 47.7 Å². The Bertz CT molecular complexity index is 599. The van der Waals surface area contributed by atoms with Crippen molar-refractivity contribution in [3.63, 3.8) is 0 Å². The van der Waals surface area contributed by atoms with Crippen molar-refractivity contribution in [2.75, 3.05) is 24.2 Å². The Labute approximate surface area is 119 Å². The van der Waals surface area contributed by atoms with E-state index in [0.717, 1.165) is 35.1 Å². The first-order valence-electron chi connectivity index (χ1n) is 7.26. The second-order valence-corrected chi connectivity index (χ2v) is 5.64. The second-order valence-electron chi connectivity index (χ2n) is 5.64. The summed E-state index contributed by atoms with van der Waals surface area (Å²) < 4.78 is 0. The van der Waals surface area contributed by atoms with Crippen molar-refractivity contribution in [3.8, 4) is 0 Å². The van der Waals surface area contributed by atoms with Crippen LogP contribution in [0.5, 0.6) is 0 Å². The minimum absolute atomic E-state index is 0.302. The molecular formula is C16H21N3O. The Kier molecular flexibility index (Phi) is 3.74. The molecule has 20 heavy (non-hydrogen) atoms. The van der Waals surface area contributed by atoms with Crippen molar-refractivity contribution in [1.82, 2.24) is 4.98 Å². The molecule has 0 aliphatic heterocycles. The van der Waals surface area contributed by atoms with Gasteiger partial charge in [0.25, 0.3) is 0 Å². The molecule has 1 aliphatic carbocycles. The summed E-state index contributed by atoms with van der Waals surface area (Å²) >= 11 is 0. The molecule has 2 unspecified atom stereocenters. The zero-order valence-corrected chi connectivity index (χ0v) is 11.5. The van der Waals surface area contributed by atoms with Crippen molar-refractivity contribution in [2.24, 2.45) is 11.8 Å². The Morgan fingerprint density at radius 1 is 1.20 bits per heavy atom. The number of aliphatic hydroxyl groups is 1. The van der Waals surface area contributed by atoms with Crippen LogP contribution in [0.3, 0.4) is 0 Å². The van der Waals surface area contributed by atoms with Gasteiger partial charge in [-0.15, -0.1) is 0 Å². The topological polar surface area (TPSA) is 71.2 Å². The molecule has 1 fully saturated rings. The maximum absolute atomic E-state index is 9.39. The first-order valence-corrected chi connectivity index (χ1v) is 7.26. The molecule has 0 amide bonds. The number of nitrogen functional groups attached to an aromatic ring is 1. The molecule has 3 rings (SSSR count). The molecule has 2 atom stereocenters. The normalized spacial score (nSPS) is 22.2. The quantitative estimate of drug-likeness (QED) is 0.748. The fourth-order valence-corrected chi connectivity index (χ4v) is 3.23. The van der Waals surface area contributed by atoms with E-state index in [1.807, 2.05) is 24.4 Å². The minimum atomic E-state index is 0.302. The Morgan fingerprint density at radius 3 is 2.90 bits per heavy atom. The van der Waals surface area contributed by atoms with Crippen LogP contribution in [0.15, 0.2) is 30.6 Å². The third-order valence-electron chi connectivity index (χ3n) is 4.46. The van der Waals surface area contributed by atoms with Crippen LogP contribution < -0.4 is 11.1 Å². The average Bonchev–Trinajstić information content (AvgIpc) is 2.94. The van der Waals surface area contributed by atoms with Crippen LogP contribution in [-0.4, -0.2) is 23.2 Å². The van der Waals surface area contributed by atoms with Crippen LogP contribution >= 0.6 is 0 Å². The SMILES string of the molecule is Nc1ccc(NCC2CCCC2CO)c2cnccc12. The summed E-state index contributed by atoms with van der Waals surface area (Å²) in [6.07, 6.45) is 7.19. The van der Waals surface area contributed by atoms with Crippen LogP contribution in [-0.2, 0) is 0 Å². The number of anilines is 2. The molecule has 4 heteroatoms. The molecule has 4 N–H and O–H groups in total. The predicted octanol–water partition coefficient (Wildman–Crippen LogP) is 2.64. The summed E-state index contributed by atoms with van der Waals surface area (Å²) in [4.78, 5) is 4.19. The molecule has 0 bridgehead atoms. The van der Waals surface area contributed by atoms with Crippen molar-refractivity contribution in [1.29, 1.82) is 0 Å². The summed E-state index contributed by atoms with van der Waals surface area (Å²) in [5, 5.41) is 15.0. The number of rotatable bonds is 4. The van der Waals surface area contributed by atoms with E-state index < -0.39 is 0 Å². The number of nitrogens with zero attached hydrogens (tertiary/aromatic N) is 1. The largest absolute Gasteiger partial charge is 0.398 e. The predicted molar refractivity (Wildman–Crippen MR) is 82.6 cm³/mol. The third kappa shape index (κ3) is 2.43. The van der Waals surface area contributed by atoms with E-state index in [-0.39, 0.29) is 0 Å². The van der Waals surface area contributed by atoms with Gasteiger partial charge in [-0.25, -0.2) is 0 Å². The molecule has 2 aromatic rings. The summed E-state index contributed by atoms with van der Waals surface area (Å²) in [5.74, 6) is 1.00. The monoisotopic (exact) mass is 271 g/mol. The van der Waals surface area contributed by atoms with E-state index in [1.165, 1.54) is 12.8 Å². The van der Waals surface area contributed by atoms with Gasteiger partial charge in [0.05, 0.1) is 0 Å². The van der Waals surface area contributed by atoms with Gasteiger partial charge in [0.15, 0.2) is 0 Å². The van der Waals surface area contributed by atoms with Crippen molar-refractivity contribution in [2.45, 2.75) is 19.3 Å². The molecule has 0 spiro atoms. The van der Waals surface area contributed by atoms with Crippen LogP contribution in [0, 0.1) is 11.8 Å². The molecular weight excluding hydrogens is 250 g/mol. The maximum atomic E-state index is 9.39. The summed E-state index contributed by atoms with van der Waals surface area (Å²) in [7, 11) is 0. The first-order chi connectivity index (χ1) is 9.79. The number of pyridine rings is 1. The van der Waals surface area contributed by atoms with Gasteiger partial charge >= 0.3 is 0 Å².